The molecule has 0 aliphatic heterocycles. The van der Waals surface area contributed by atoms with Crippen molar-refractivity contribution in [2.45, 2.75) is 39.3 Å². The second kappa shape index (κ2) is 4.87. The maximum absolute atomic E-state index is 8.82. The van der Waals surface area contributed by atoms with E-state index in [1.54, 1.807) is 4.68 Å². The van der Waals surface area contributed by atoms with Gasteiger partial charge in [0.15, 0.2) is 0 Å². The zero-order chi connectivity index (χ0) is 11.5. The fraction of sp³-hybridized carbons (Fsp3) is 0.750. The lowest BCUT2D eigenvalue weighted by molar-refractivity contribution is 0.269. The van der Waals surface area contributed by atoms with Crippen molar-refractivity contribution in [3.05, 3.63) is 12.4 Å². The van der Waals surface area contributed by atoms with Gasteiger partial charge >= 0.3 is 0 Å². The van der Waals surface area contributed by atoms with Gasteiger partial charge in [-0.2, -0.15) is 5.10 Å². The lowest BCUT2D eigenvalue weighted by atomic mass is 9.99. The quantitative estimate of drug-likeness (QED) is 0.772. The molecule has 1 heterocycles. The van der Waals surface area contributed by atoms with E-state index in [0.29, 0.717) is 18.5 Å². The van der Waals surface area contributed by atoms with Gasteiger partial charge < -0.3 is 10.4 Å². The first-order chi connectivity index (χ1) is 7.70. The summed E-state index contributed by atoms with van der Waals surface area (Å²) in [6.45, 7) is 5.22. The summed E-state index contributed by atoms with van der Waals surface area (Å²) in [7, 11) is 0. The minimum absolute atomic E-state index is 0.136. The molecule has 1 aromatic rings. The van der Waals surface area contributed by atoms with Crippen LogP contribution in [0.1, 0.15) is 26.7 Å². The molecule has 1 aliphatic carbocycles. The zero-order valence-electron chi connectivity index (χ0n) is 10.1. The van der Waals surface area contributed by atoms with E-state index in [-0.39, 0.29) is 6.61 Å². The third kappa shape index (κ3) is 2.76. The summed E-state index contributed by atoms with van der Waals surface area (Å²) >= 11 is 0. The van der Waals surface area contributed by atoms with Crippen molar-refractivity contribution in [3.63, 3.8) is 0 Å². The molecule has 2 rings (SSSR count). The summed E-state index contributed by atoms with van der Waals surface area (Å²) in [5.74, 6) is 1.48. The highest BCUT2D eigenvalue weighted by Crippen LogP contribution is 2.37. The van der Waals surface area contributed by atoms with Gasteiger partial charge in [-0.05, 0) is 24.7 Å². The fourth-order valence-electron chi connectivity index (χ4n) is 2.14. The molecule has 4 heteroatoms. The predicted molar refractivity (Wildman–Crippen MR) is 64.3 cm³/mol. The number of hydrogen-bond acceptors (Lipinski definition) is 3. The smallest absolute Gasteiger partial charge is 0.0728 e. The van der Waals surface area contributed by atoms with Gasteiger partial charge in [-0.15, -0.1) is 0 Å². The Hall–Kier alpha value is -1.03. The van der Waals surface area contributed by atoms with Crippen LogP contribution in [0.5, 0.6) is 0 Å². The van der Waals surface area contributed by atoms with E-state index in [1.165, 1.54) is 12.8 Å². The maximum Gasteiger partial charge on any atom is 0.0728 e. The molecule has 1 saturated carbocycles. The zero-order valence-corrected chi connectivity index (χ0v) is 10.1. The first-order valence-corrected chi connectivity index (χ1v) is 6.10. The number of aromatic nitrogens is 2. The molecule has 1 aromatic heterocycles. The van der Waals surface area contributed by atoms with E-state index in [0.717, 1.165) is 11.6 Å². The van der Waals surface area contributed by atoms with Crippen molar-refractivity contribution in [2.75, 3.05) is 11.9 Å². The Balaban J connectivity index is 1.95. The Kier molecular flexibility index (Phi) is 3.49. The molecule has 1 aliphatic rings. The van der Waals surface area contributed by atoms with Crippen LogP contribution in [0.15, 0.2) is 12.4 Å². The Bertz CT molecular complexity index is 329. The molecule has 0 radical (unpaired) electrons. The van der Waals surface area contributed by atoms with Crippen molar-refractivity contribution in [2.24, 2.45) is 11.8 Å². The van der Waals surface area contributed by atoms with E-state index < -0.39 is 0 Å². The standard InChI is InChI=1S/C12H21N3O/c1-9(2)12(10-3-4-10)14-11-7-13-15(8-11)5-6-16/h7-10,12,14,16H,3-6H2,1-2H3. The van der Waals surface area contributed by atoms with Crippen LogP contribution in [0.25, 0.3) is 0 Å². The number of aliphatic hydroxyl groups excluding tert-OH is 1. The van der Waals surface area contributed by atoms with Crippen LogP contribution in [0.2, 0.25) is 0 Å². The van der Waals surface area contributed by atoms with Crippen LogP contribution < -0.4 is 5.32 Å². The van der Waals surface area contributed by atoms with Gasteiger partial charge in [0.1, 0.15) is 0 Å². The number of nitrogens with one attached hydrogen (secondary N) is 1. The topological polar surface area (TPSA) is 50.1 Å². The van der Waals surface area contributed by atoms with Crippen molar-refractivity contribution in [1.82, 2.24) is 9.78 Å². The Morgan fingerprint density at radius 1 is 1.56 bits per heavy atom. The Labute approximate surface area is 96.7 Å². The highest BCUT2D eigenvalue weighted by molar-refractivity contribution is 5.40. The van der Waals surface area contributed by atoms with Crippen molar-refractivity contribution < 1.29 is 5.11 Å². The average molecular weight is 223 g/mol. The monoisotopic (exact) mass is 223 g/mol. The van der Waals surface area contributed by atoms with Gasteiger partial charge in [-0.3, -0.25) is 4.68 Å². The molecule has 0 bridgehead atoms. The molecule has 0 spiro atoms. The molecule has 0 amide bonds. The van der Waals surface area contributed by atoms with E-state index in [1.807, 2.05) is 12.4 Å². The molecule has 1 fully saturated rings. The van der Waals surface area contributed by atoms with Gasteiger partial charge in [0, 0.05) is 12.2 Å². The molecule has 16 heavy (non-hydrogen) atoms. The lowest BCUT2D eigenvalue weighted by Crippen LogP contribution is -2.27. The normalized spacial score (nSPS) is 17.8. The summed E-state index contributed by atoms with van der Waals surface area (Å²) in [6, 6.07) is 0.562. The molecular formula is C12H21N3O. The molecule has 1 atom stereocenters. The maximum atomic E-state index is 8.82. The molecular weight excluding hydrogens is 202 g/mol. The molecule has 90 valence electrons. The summed E-state index contributed by atoms with van der Waals surface area (Å²) in [6.07, 6.45) is 6.50. The highest BCUT2D eigenvalue weighted by atomic mass is 16.3. The van der Waals surface area contributed by atoms with E-state index >= 15 is 0 Å². The SMILES string of the molecule is CC(C)C(Nc1cnn(CCO)c1)C1CC1. The van der Waals surface area contributed by atoms with Gasteiger partial charge in [0.05, 0.1) is 25.0 Å². The van der Waals surface area contributed by atoms with Crippen LogP contribution in [0, 0.1) is 11.8 Å². The minimum atomic E-state index is 0.136. The minimum Gasteiger partial charge on any atom is -0.394 e. The molecule has 4 nitrogen and oxygen atoms in total. The van der Waals surface area contributed by atoms with Crippen molar-refractivity contribution >= 4 is 5.69 Å². The molecule has 0 saturated heterocycles. The Morgan fingerprint density at radius 2 is 2.31 bits per heavy atom. The summed E-state index contributed by atoms with van der Waals surface area (Å²) in [4.78, 5) is 0. The largest absolute Gasteiger partial charge is 0.394 e. The van der Waals surface area contributed by atoms with Gasteiger partial charge in [0.2, 0.25) is 0 Å². The molecule has 1 unspecified atom stereocenters. The van der Waals surface area contributed by atoms with Crippen LogP contribution in [-0.2, 0) is 6.54 Å². The molecule has 2 N–H and O–H groups in total. The van der Waals surface area contributed by atoms with Gasteiger partial charge in [0.25, 0.3) is 0 Å². The first kappa shape index (κ1) is 11.5. The van der Waals surface area contributed by atoms with E-state index in [9.17, 15) is 0 Å². The van der Waals surface area contributed by atoms with Crippen LogP contribution in [-0.4, -0.2) is 27.5 Å². The third-order valence-electron chi connectivity index (χ3n) is 3.14. The summed E-state index contributed by atoms with van der Waals surface area (Å²) in [5, 5.41) is 16.6. The fourth-order valence-corrected chi connectivity index (χ4v) is 2.14. The summed E-state index contributed by atoms with van der Waals surface area (Å²) in [5.41, 5.74) is 1.07. The second-order valence-electron chi connectivity index (χ2n) is 4.97. The van der Waals surface area contributed by atoms with Crippen LogP contribution in [0.4, 0.5) is 5.69 Å². The van der Waals surface area contributed by atoms with Crippen LogP contribution in [0.3, 0.4) is 0 Å². The average Bonchev–Trinajstić information content (AvgIpc) is 2.97. The van der Waals surface area contributed by atoms with E-state index in [4.69, 9.17) is 5.11 Å². The lowest BCUT2D eigenvalue weighted by Gasteiger charge is -2.22. The second-order valence-corrected chi connectivity index (χ2v) is 4.97. The number of nitrogens with zero attached hydrogens (tertiary/aromatic N) is 2. The highest BCUT2D eigenvalue weighted by Gasteiger charge is 2.33. The van der Waals surface area contributed by atoms with Crippen molar-refractivity contribution in [1.29, 1.82) is 0 Å². The third-order valence-corrected chi connectivity index (χ3v) is 3.14. The van der Waals surface area contributed by atoms with Gasteiger partial charge in [-0.1, -0.05) is 13.8 Å². The number of anilines is 1. The number of rotatable bonds is 6. The first-order valence-electron chi connectivity index (χ1n) is 6.10. The predicted octanol–water partition coefficient (Wildman–Crippen LogP) is 1.72. The van der Waals surface area contributed by atoms with Crippen LogP contribution >= 0.6 is 0 Å². The number of aliphatic hydroxyl groups is 1. The number of hydrogen-bond donors (Lipinski definition) is 2. The summed E-state index contributed by atoms with van der Waals surface area (Å²) < 4.78 is 1.77. The Morgan fingerprint density at radius 3 is 2.88 bits per heavy atom. The molecule has 0 aromatic carbocycles. The van der Waals surface area contributed by atoms with E-state index in [2.05, 4.69) is 24.3 Å². The van der Waals surface area contributed by atoms with Crippen molar-refractivity contribution in [3.8, 4) is 0 Å². The van der Waals surface area contributed by atoms with Gasteiger partial charge in [-0.25, -0.2) is 0 Å².